The predicted molar refractivity (Wildman–Crippen MR) is 121 cm³/mol. The van der Waals surface area contributed by atoms with Crippen LogP contribution < -0.4 is 21.6 Å². The van der Waals surface area contributed by atoms with Crippen molar-refractivity contribution in [2.24, 2.45) is 11.6 Å². The van der Waals surface area contributed by atoms with Gasteiger partial charge in [-0.3, -0.25) is 0 Å². The summed E-state index contributed by atoms with van der Waals surface area (Å²) in [4.78, 5) is 8.66. The Morgan fingerprint density at radius 2 is 1.97 bits per heavy atom. The highest BCUT2D eigenvalue weighted by molar-refractivity contribution is 5.64. The van der Waals surface area contributed by atoms with Crippen LogP contribution in [0.1, 0.15) is 62.2 Å². The number of nitrogens with two attached hydrogens (primary N) is 2. The van der Waals surface area contributed by atoms with Crippen molar-refractivity contribution >= 4 is 11.6 Å². The van der Waals surface area contributed by atoms with Crippen molar-refractivity contribution in [3.63, 3.8) is 0 Å². The Balaban J connectivity index is 1.64. The summed E-state index contributed by atoms with van der Waals surface area (Å²) in [7, 11) is 1.63. The number of hydrogen-bond donors (Lipinski definition) is 3. The largest absolute Gasteiger partial charge is 0.489 e. The summed E-state index contributed by atoms with van der Waals surface area (Å²) in [6.07, 6.45) is 0.732. The van der Waals surface area contributed by atoms with Crippen LogP contribution in [-0.2, 0) is 6.42 Å². The molecule has 188 valence electrons. The number of nitrogens with zero attached hydrogens (tertiary/aromatic N) is 4. The third-order valence-electron chi connectivity index (χ3n) is 5.63. The fraction of sp³-hybridized carbons (Fsp3) is 0.591. The van der Waals surface area contributed by atoms with Crippen molar-refractivity contribution in [3.8, 4) is 5.75 Å². The van der Waals surface area contributed by atoms with E-state index in [9.17, 15) is 13.2 Å². The van der Waals surface area contributed by atoms with Crippen LogP contribution in [-0.4, -0.2) is 46.0 Å². The van der Waals surface area contributed by atoms with Crippen LogP contribution in [0.5, 0.6) is 5.75 Å². The zero-order valence-electron chi connectivity index (χ0n) is 19.5. The van der Waals surface area contributed by atoms with Gasteiger partial charge in [-0.2, -0.15) is 18.2 Å². The molecule has 0 unspecified atom stereocenters. The first-order valence-electron chi connectivity index (χ1n) is 11.4. The lowest BCUT2D eigenvalue weighted by Crippen LogP contribution is -2.32. The van der Waals surface area contributed by atoms with E-state index in [0.29, 0.717) is 17.1 Å². The number of ether oxygens (including phenoxy) is 1. The van der Waals surface area contributed by atoms with E-state index in [-0.39, 0.29) is 37.3 Å². The van der Waals surface area contributed by atoms with Gasteiger partial charge in [0.2, 0.25) is 5.89 Å². The number of aromatic nitrogens is 3. The second-order valence-corrected chi connectivity index (χ2v) is 8.46. The Kier molecular flexibility index (Phi) is 8.59. The summed E-state index contributed by atoms with van der Waals surface area (Å²) in [6.45, 7) is 2.03. The molecule has 1 fully saturated rings. The Labute approximate surface area is 196 Å². The second kappa shape index (κ2) is 11.4. The molecule has 2 aromatic heterocycles. The SMILES string of the molecule is Cc1nc(/C(N)=C(\CNc2noc(CCCC(F)(F)F)n2)N(C)N)ccc1OC1CCCCC1. The number of halogens is 3. The minimum atomic E-state index is -4.21. The molecule has 2 heterocycles. The van der Waals surface area contributed by atoms with Gasteiger partial charge in [-0.15, -0.1) is 0 Å². The van der Waals surface area contributed by atoms with E-state index in [0.717, 1.165) is 24.3 Å². The summed E-state index contributed by atoms with van der Waals surface area (Å²) in [5, 5.41) is 8.03. The molecule has 0 spiro atoms. The Morgan fingerprint density at radius 3 is 2.62 bits per heavy atom. The fourth-order valence-electron chi connectivity index (χ4n) is 3.77. The summed E-state index contributed by atoms with van der Waals surface area (Å²) in [5.74, 6) is 6.98. The normalized spacial score (nSPS) is 15.7. The van der Waals surface area contributed by atoms with Gasteiger partial charge in [0.05, 0.1) is 35.4 Å². The maximum atomic E-state index is 12.3. The number of hydrogen-bond acceptors (Lipinski definition) is 9. The van der Waals surface area contributed by atoms with Gasteiger partial charge < -0.3 is 25.3 Å². The Bertz CT molecular complexity index is 970. The van der Waals surface area contributed by atoms with Gasteiger partial charge in [-0.1, -0.05) is 6.42 Å². The smallest absolute Gasteiger partial charge is 0.389 e. The van der Waals surface area contributed by atoms with Gasteiger partial charge in [-0.25, -0.2) is 10.8 Å². The summed E-state index contributed by atoms with van der Waals surface area (Å²) in [6, 6.07) is 3.66. The molecule has 1 aliphatic rings. The maximum Gasteiger partial charge on any atom is 0.389 e. The molecule has 5 N–H and O–H groups in total. The van der Waals surface area contributed by atoms with E-state index in [1.807, 2.05) is 13.0 Å². The first-order chi connectivity index (χ1) is 16.1. The van der Waals surface area contributed by atoms with Crippen molar-refractivity contribution in [2.45, 2.75) is 70.6 Å². The second-order valence-electron chi connectivity index (χ2n) is 8.46. The Hall–Kier alpha value is -3.02. The van der Waals surface area contributed by atoms with Gasteiger partial charge in [0.1, 0.15) is 5.75 Å². The van der Waals surface area contributed by atoms with Crippen molar-refractivity contribution in [2.75, 3.05) is 18.9 Å². The topological polar surface area (TPSA) is 128 Å². The molecule has 0 bridgehead atoms. The van der Waals surface area contributed by atoms with Gasteiger partial charge >= 0.3 is 6.18 Å². The van der Waals surface area contributed by atoms with E-state index in [1.54, 1.807) is 13.1 Å². The van der Waals surface area contributed by atoms with Crippen molar-refractivity contribution in [1.82, 2.24) is 20.1 Å². The average molecular weight is 484 g/mol. The minimum absolute atomic E-state index is 0.0360. The summed E-state index contributed by atoms with van der Waals surface area (Å²) in [5.41, 5.74) is 8.53. The number of alkyl halides is 3. The number of hydrazine groups is 1. The molecule has 0 aliphatic heterocycles. The van der Waals surface area contributed by atoms with E-state index in [2.05, 4.69) is 20.4 Å². The third kappa shape index (κ3) is 7.51. The molecule has 34 heavy (non-hydrogen) atoms. The number of likely N-dealkylation sites (N-methyl/N-ethyl adjacent to an activating group) is 1. The molecule has 9 nitrogen and oxygen atoms in total. The predicted octanol–water partition coefficient (Wildman–Crippen LogP) is 3.91. The highest BCUT2D eigenvalue weighted by Crippen LogP contribution is 2.26. The molecular formula is C22H32F3N7O2. The molecule has 1 saturated carbocycles. The van der Waals surface area contributed by atoms with E-state index < -0.39 is 12.6 Å². The lowest BCUT2D eigenvalue weighted by Gasteiger charge is -2.24. The molecule has 2 aromatic rings. The van der Waals surface area contributed by atoms with Crippen LogP contribution in [0.2, 0.25) is 0 Å². The quantitative estimate of drug-likeness (QED) is 0.340. The lowest BCUT2D eigenvalue weighted by atomic mass is 9.98. The van der Waals surface area contributed by atoms with Gasteiger partial charge in [0, 0.05) is 19.9 Å². The van der Waals surface area contributed by atoms with Crippen LogP contribution in [0.15, 0.2) is 22.4 Å². The van der Waals surface area contributed by atoms with Crippen LogP contribution in [0.4, 0.5) is 19.1 Å². The summed E-state index contributed by atoms with van der Waals surface area (Å²) < 4.78 is 48.0. The third-order valence-corrected chi connectivity index (χ3v) is 5.63. The summed E-state index contributed by atoms with van der Waals surface area (Å²) >= 11 is 0. The lowest BCUT2D eigenvalue weighted by molar-refractivity contribution is -0.135. The highest BCUT2D eigenvalue weighted by atomic mass is 19.4. The number of pyridine rings is 1. The monoisotopic (exact) mass is 483 g/mol. The van der Waals surface area contributed by atoms with Crippen LogP contribution in [0.25, 0.3) is 5.70 Å². The standard InChI is InChI=1S/C22H32F3N7O2/c1-14-18(33-15-7-4-3-5-8-15)11-10-16(29-14)20(26)17(32(2)27)13-28-21-30-19(34-31-21)9-6-12-22(23,24)25/h10-11,15H,3-9,12-13,26-27H2,1-2H3,(H,28,31)/b20-17-. The van der Waals surface area contributed by atoms with Crippen molar-refractivity contribution in [1.29, 1.82) is 0 Å². The molecule has 0 amide bonds. The van der Waals surface area contributed by atoms with Gasteiger partial charge in [-0.05, 0) is 56.3 Å². The minimum Gasteiger partial charge on any atom is -0.489 e. The molecule has 0 radical (unpaired) electrons. The van der Waals surface area contributed by atoms with Gasteiger partial charge in [0.25, 0.3) is 5.95 Å². The van der Waals surface area contributed by atoms with Crippen LogP contribution >= 0.6 is 0 Å². The van der Waals surface area contributed by atoms with Crippen LogP contribution in [0, 0.1) is 6.92 Å². The zero-order chi connectivity index (χ0) is 24.7. The van der Waals surface area contributed by atoms with E-state index in [4.69, 9.17) is 20.8 Å². The fourth-order valence-corrected chi connectivity index (χ4v) is 3.77. The molecule has 0 saturated heterocycles. The molecule has 1 aliphatic carbocycles. The Morgan fingerprint density at radius 1 is 1.24 bits per heavy atom. The van der Waals surface area contributed by atoms with Crippen LogP contribution in [0.3, 0.4) is 0 Å². The zero-order valence-corrected chi connectivity index (χ0v) is 19.5. The molecule has 0 atom stereocenters. The number of aryl methyl sites for hydroxylation is 2. The molecule has 0 aromatic carbocycles. The first-order valence-corrected chi connectivity index (χ1v) is 11.4. The number of anilines is 1. The van der Waals surface area contributed by atoms with E-state index in [1.165, 1.54) is 24.3 Å². The first kappa shape index (κ1) is 25.6. The van der Waals surface area contributed by atoms with Crippen molar-refractivity contribution < 1.29 is 22.4 Å². The number of rotatable bonds is 10. The van der Waals surface area contributed by atoms with Gasteiger partial charge in [0.15, 0.2) is 0 Å². The highest BCUT2D eigenvalue weighted by Gasteiger charge is 2.26. The van der Waals surface area contributed by atoms with E-state index >= 15 is 0 Å². The number of nitrogens with one attached hydrogen (secondary N) is 1. The molecular weight excluding hydrogens is 451 g/mol. The maximum absolute atomic E-state index is 12.3. The molecule has 3 rings (SSSR count). The molecule has 12 heteroatoms. The van der Waals surface area contributed by atoms with Crippen molar-refractivity contribution in [3.05, 3.63) is 35.1 Å². The average Bonchev–Trinajstić information content (AvgIpc) is 3.22.